The first-order chi connectivity index (χ1) is 12.9. The first-order valence-electron chi connectivity index (χ1n) is 8.68. The maximum atomic E-state index is 12.9. The molecule has 0 fully saturated rings. The minimum absolute atomic E-state index is 0.0630. The van der Waals surface area contributed by atoms with Crippen LogP contribution in [0.1, 0.15) is 22.8 Å². The summed E-state index contributed by atoms with van der Waals surface area (Å²) in [6.07, 6.45) is 1.81. The van der Waals surface area contributed by atoms with Gasteiger partial charge in [-0.25, -0.2) is 0 Å². The number of allylic oxidation sites excluding steroid dienone is 1. The van der Waals surface area contributed by atoms with Crippen LogP contribution in [0.3, 0.4) is 0 Å². The lowest BCUT2D eigenvalue weighted by Crippen LogP contribution is -2.16. The molecule has 0 bridgehead atoms. The number of hydrogen-bond acceptors (Lipinski definition) is 6. The topological polar surface area (TPSA) is 74.0 Å². The quantitative estimate of drug-likeness (QED) is 0.495. The van der Waals surface area contributed by atoms with E-state index < -0.39 is 0 Å². The maximum absolute atomic E-state index is 12.9. The second kappa shape index (κ2) is 7.61. The Morgan fingerprint density at radius 2 is 1.93 bits per heavy atom. The first kappa shape index (κ1) is 18.6. The summed E-state index contributed by atoms with van der Waals surface area (Å²) in [5.74, 6) is 1.74. The van der Waals surface area contributed by atoms with Crippen LogP contribution in [0.4, 0.5) is 11.4 Å². The van der Waals surface area contributed by atoms with Crippen LogP contribution in [0.15, 0.2) is 35.9 Å². The Hall–Kier alpha value is -3.15. The monoisotopic (exact) mass is 368 g/mol. The highest BCUT2D eigenvalue weighted by Crippen LogP contribution is 2.41. The molecule has 0 saturated carbocycles. The summed E-state index contributed by atoms with van der Waals surface area (Å²) in [6.45, 7) is 2.76. The van der Waals surface area contributed by atoms with Crippen molar-refractivity contribution in [1.82, 2.24) is 0 Å². The highest BCUT2D eigenvalue weighted by molar-refractivity contribution is 6.11. The second-order valence-corrected chi connectivity index (χ2v) is 6.57. The van der Waals surface area contributed by atoms with Gasteiger partial charge in [-0.1, -0.05) is 0 Å². The predicted octanol–water partition coefficient (Wildman–Crippen LogP) is 3.40. The highest BCUT2D eigenvalue weighted by Gasteiger charge is 2.18. The van der Waals surface area contributed by atoms with Crippen LogP contribution < -0.4 is 24.8 Å². The van der Waals surface area contributed by atoms with E-state index in [0.717, 1.165) is 11.3 Å². The van der Waals surface area contributed by atoms with Gasteiger partial charge in [0.25, 0.3) is 0 Å². The standard InChI is InChI=1S/C21H24N2O4/c1-13(20(24)15-5-6-16(22)17(12-15)23(2)3)9-14-10-18(25-4)21-19(11-14)26-7-8-27-21/h5-6,9-12H,7-8,22H2,1-4H3. The molecule has 2 aromatic carbocycles. The molecule has 0 aromatic heterocycles. The van der Waals surface area contributed by atoms with Gasteiger partial charge in [0.15, 0.2) is 17.3 Å². The number of hydrogen-bond donors (Lipinski definition) is 1. The number of benzene rings is 2. The number of Topliss-reactive ketones (excluding diaryl/α,β-unsaturated/α-hetero) is 1. The zero-order chi connectivity index (χ0) is 19.6. The van der Waals surface area contributed by atoms with Crippen LogP contribution in [0, 0.1) is 0 Å². The van der Waals surface area contributed by atoms with Crippen molar-refractivity contribution in [3.63, 3.8) is 0 Å². The Morgan fingerprint density at radius 1 is 1.19 bits per heavy atom. The van der Waals surface area contributed by atoms with Crippen molar-refractivity contribution in [2.75, 3.05) is 45.1 Å². The number of methoxy groups -OCH3 is 1. The van der Waals surface area contributed by atoms with Crippen molar-refractivity contribution in [3.05, 3.63) is 47.0 Å². The highest BCUT2D eigenvalue weighted by atomic mass is 16.6. The van der Waals surface area contributed by atoms with Gasteiger partial charge in [-0.05, 0) is 54.5 Å². The molecule has 1 aliphatic heterocycles. The van der Waals surface area contributed by atoms with Gasteiger partial charge in [0.2, 0.25) is 5.75 Å². The summed E-state index contributed by atoms with van der Waals surface area (Å²) in [5.41, 5.74) is 9.43. The molecular weight excluding hydrogens is 344 g/mol. The van der Waals surface area contributed by atoms with Crippen LogP contribution >= 0.6 is 0 Å². The number of nitrogen functional groups attached to an aromatic ring is 1. The average Bonchev–Trinajstić information content (AvgIpc) is 2.66. The molecule has 0 spiro atoms. The number of carbonyl (C=O) groups is 1. The molecule has 6 heteroatoms. The summed E-state index contributed by atoms with van der Waals surface area (Å²) in [7, 11) is 5.37. The van der Waals surface area contributed by atoms with Gasteiger partial charge in [-0.15, -0.1) is 0 Å². The summed E-state index contributed by atoms with van der Waals surface area (Å²) in [6, 6.07) is 8.98. The summed E-state index contributed by atoms with van der Waals surface area (Å²) >= 11 is 0. The normalized spacial score (nSPS) is 13.3. The Labute approximate surface area is 159 Å². The van der Waals surface area contributed by atoms with E-state index in [1.807, 2.05) is 37.2 Å². The van der Waals surface area contributed by atoms with Crippen molar-refractivity contribution in [2.45, 2.75) is 6.92 Å². The molecular formula is C21H24N2O4. The summed E-state index contributed by atoms with van der Waals surface area (Å²) in [4.78, 5) is 14.7. The molecule has 0 radical (unpaired) electrons. The number of anilines is 2. The fourth-order valence-electron chi connectivity index (χ4n) is 2.99. The van der Waals surface area contributed by atoms with Crippen LogP contribution in [0.2, 0.25) is 0 Å². The molecule has 0 saturated heterocycles. The Kier molecular flexibility index (Phi) is 5.26. The number of ether oxygens (including phenoxy) is 3. The van der Waals surface area contributed by atoms with Crippen molar-refractivity contribution in [1.29, 1.82) is 0 Å². The van der Waals surface area contributed by atoms with Crippen LogP contribution in [-0.2, 0) is 0 Å². The molecule has 27 heavy (non-hydrogen) atoms. The smallest absolute Gasteiger partial charge is 0.203 e. The average molecular weight is 368 g/mol. The lowest BCUT2D eigenvalue weighted by atomic mass is 10.0. The van der Waals surface area contributed by atoms with Gasteiger partial charge in [-0.2, -0.15) is 0 Å². The molecule has 0 atom stereocenters. The SMILES string of the molecule is COc1cc(C=C(C)C(=O)c2ccc(N)c(N(C)C)c2)cc2c1OCCO2. The Morgan fingerprint density at radius 3 is 2.63 bits per heavy atom. The van der Waals surface area contributed by atoms with Crippen molar-refractivity contribution in [2.24, 2.45) is 0 Å². The van der Waals surface area contributed by atoms with E-state index >= 15 is 0 Å². The fourth-order valence-corrected chi connectivity index (χ4v) is 2.99. The molecule has 0 unspecified atom stereocenters. The van der Waals surface area contributed by atoms with E-state index in [0.29, 0.717) is 47.3 Å². The van der Waals surface area contributed by atoms with E-state index in [-0.39, 0.29) is 5.78 Å². The van der Waals surface area contributed by atoms with Gasteiger partial charge in [0.1, 0.15) is 13.2 Å². The second-order valence-electron chi connectivity index (χ2n) is 6.57. The molecule has 142 valence electrons. The first-order valence-corrected chi connectivity index (χ1v) is 8.68. The van der Waals surface area contributed by atoms with Crippen LogP contribution in [0.25, 0.3) is 6.08 Å². The number of ketones is 1. The van der Waals surface area contributed by atoms with Crippen molar-refractivity contribution >= 4 is 23.2 Å². The third-order valence-electron chi connectivity index (χ3n) is 4.37. The van der Waals surface area contributed by atoms with Crippen LogP contribution in [0.5, 0.6) is 17.2 Å². The number of fused-ring (bicyclic) bond motifs is 1. The van der Waals surface area contributed by atoms with E-state index in [2.05, 4.69) is 0 Å². The zero-order valence-corrected chi connectivity index (χ0v) is 16.0. The molecule has 1 heterocycles. The third-order valence-corrected chi connectivity index (χ3v) is 4.37. The van der Waals surface area contributed by atoms with Gasteiger partial charge in [0, 0.05) is 19.7 Å². The number of rotatable bonds is 5. The number of carbonyl (C=O) groups excluding carboxylic acids is 1. The van der Waals surface area contributed by atoms with E-state index in [4.69, 9.17) is 19.9 Å². The minimum atomic E-state index is -0.0630. The van der Waals surface area contributed by atoms with Crippen molar-refractivity contribution < 1.29 is 19.0 Å². The van der Waals surface area contributed by atoms with E-state index in [1.165, 1.54) is 0 Å². The molecule has 0 aliphatic carbocycles. The predicted molar refractivity (Wildman–Crippen MR) is 107 cm³/mol. The van der Waals surface area contributed by atoms with Crippen molar-refractivity contribution in [3.8, 4) is 17.2 Å². The van der Waals surface area contributed by atoms with Gasteiger partial charge in [0.05, 0.1) is 18.5 Å². The molecule has 2 N–H and O–H groups in total. The van der Waals surface area contributed by atoms with Gasteiger partial charge >= 0.3 is 0 Å². The molecule has 0 amide bonds. The lowest BCUT2D eigenvalue weighted by Gasteiger charge is -2.21. The summed E-state index contributed by atoms with van der Waals surface area (Å²) in [5, 5.41) is 0. The molecule has 6 nitrogen and oxygen atoms in total. The lowest BCUT2D eigenvalue weighted by molar-refractivity contribution is 0.103. The zero-order valence-electron chi connectivity index (χ0n) is 16.0. The number of nitrogens with two attached hydrogens (primary N) is 1. The van der Waals surface area contributed by atoms with E-state index in [1.54, 1.807) is 32.2 Å². The third kappa shape index (κ3) is 3.84. The maximum Gasteiger partial charge on any atom is 0.203 e. The molecule has 1 aliphatic rings. The minimum Gasteiger partial charge on any atom is -0.493 e. The van der Waals surface area contributed by atoms with E-state index in [9.17, 15) is 4.79 Å². The Balaban J connectivity index is 1.93. The van der Waals surface area contributed by atoms with Gasteiger partial charge < -0.3 is 24.8 Å². The summed E-state index contributed by atoms with van der Waals surface area (Å²) < 4.78 is 16.7. The Bertz CT molecular complexity index is 886. The molecule has 3 rings (SSSR count). The number of nitrogens with zero attached hydrogens (tertiary/aromatic N) is 1. The van der Waals surface area contributed by atoms with Crippen LogP contribution in [-0.4, -0.2) is 40.2 Å². The largest absolute Gasteiger partial charge is 0.493 e. The van der Waals surface area contributed by atoms with Gasteiger partial charge in [-0.3, -0.25) is 4.79 Å². The molecule has 2 aromatic rings. The fraction of sp³-hybridized carbons (Fsp3) is 0.286.